The van der Waals surface area contributed by atoms with Crippen molar-refractivity contribution in [3.05, 3.63) is 46.0 Å². The van der Waals surface area contributed by atoms with Crippen molar-refractivity contribution in [2.24, 2.45) is 0 Å². The molecule has 3 rings (SSSR count). The lowest BCUT2D eigenvalue weighted by molar-refractivity contribution is 0.0950. The molecular formula is C14H14N2O2S. The molecule has 0 unspecified atom stereocenters. The van der Waals surface area contributed by atoms with Crippen molar-refractivity contribution in [3.8, 4) is 5.19 Å². The highest BCUT2D eigenvalue weighted by Gasteiger charge is 2.22. The Balaban J connectivity index is 1.70. The number of nitrogens with one attached hydrogen (secondary N) is 1. The highest BCUT2D eigenvalue weighted by Crippen LogP contribution is 2.27. The molecule has 0 saturated carbocycles. The molecule has 98 valence electrons. The average molecular weight is 274 g/mol. The number of thiazole rings is 1. The van der Waals surface area contributed by atoms with Crippen LogP contribution in [-0.4, -0.2) is 17.4 Å². The molecule has 0 bridgehead atoms. The monoisotopic (exact) mass is 274 g/mol. The van der Waals surface area contributed by atoms with Crippen molar-refractivity contribution < 1.29 is 9.53 Å². The van der Waals surface area contributed by atoms with Crippen LogP contribution in [0, 0.1) is 6.92 Å². The molecule has 0 atom stereocenters. The molecule has 2 aromatic rings. The van der Waals surface area contributed by atoms with E-state index in [4.69, 9.17) is 4.74 Å². The molecule has 1 N–H and O–H groups in total. The molecule has 0 aliphatic carbocycles. The molecule has 1 aliphatic rings. The normalized spacial score (nSPS) is 13.8. The van der Waals surface area contributed by atoms with Crippen LogP contribution < -0.4 is 10.1 Å². The lowest BCUT2D eigenvalue weighted by Gasteiger charge is -2.08. The highest BCUT2D eigenvalue weighted by atomic mass is 32.1. The predicted octanol–water partition coefficient (Wildman–Crippen LogP) is 2.32. The zero-order valence-corrected chi connectivity index (χ0v) is 11.4. The van der Waals surface area contributed by atoms with E-state index >= 15 is 0 Å². The van der Waals surface area contributed by atoms with E-state index in [1.807, 2.05) is 12.1 Å². The minimum Gasteiger partial charge on any atom is -0.465 e. The molecule has 1 aromatic heterocycles. The van der Waals surface area contributed by atoms with Crippen molar-refractivity contribution in [2.75, 3.05) is 6.54 Å². The number of benzene rings is 1. The average Bonchev–Trinajstić information content (AvgIpc) is 2.83. The lowest BCUT2D eigenvalue weighted by Crippen LogP contribution is -2.30. The van der Waals surface area contributed by atoms with Gasteiger partial charge in [0.2, 0.25) is 0 Å². The summed E-state index contributed by atoms with van der Waals surface area (Å²) in [4.78, 5) is 16.7. The van der Waals surface area contributed by atoms with Crippen molar-refractivity contribution in [2.45, 2.75) is 20.0 Å². The van der Waals surface area contributed by atoms with Gasteiger partial charge in [0.1, 0.15) is 11.5 Å². The van der Waals surface area contributed by atoms with Crippen LogP contribution in [0.1, 0.15) is 26.5 Å². The Morgan fingerprint density at radius 3 is 2.89 bits per heavy atom. The molecular weight excluding hydrogens is 260 g/mol. The van der Waals surface area contributed by atoms with Crippen molar-refractivity contribution in [3.63, 3.8) is 0 Å². The third-order valence-corrected chi connectivity index (χ3v) is 4.02. The first-order valence-electron chi connectivity index (χ1n) is 6.18. The Morgan fingerprint density at radius 2 is 2.16 bits per heavy atom. The Kier molecular flexibility index (Phi) is 3.21. The number of aryl methyl sites for hydroxylation is 1. The van der Waals surface area contributed by atoms with Crippen LogP contribution in [0.2, 0.25) is 0 Å². The van der Waals surface area contributed by atoms with Gasteiger partial charge in [-0.3, -0.25) is 4.79 Å². The molecule has 0 saturated heterocycles. The van der Waals surface area contributed by atoms with Gasteiger partial charge in [0.25, 0.3) is 11.1 Å². The van der Waals surface area contributed by atoms with Crippen LogP contribution in [0.3, 0.4) is 0 Å². The number of amides is 1. The smallest absolute Gasteiger partial charge is 0.274 e. The van der Waals surface area contributed by atoms with Gasteiger partial charge in [0.15, 0.2) is 0 Å². The number of carbonyl (C=O) groups excluding carboxylic acids is 1. The topological polar surface area (TPSA) is 51.2 Å². The van der Waals surface area contributed by atoms with E-state index in [2.05, 4.69) is 29.4 Å². The molecule has 1 aromatic carbocycles. The maximum absolute atomic E-state index is 11.6. The van der Waals surface area contributed by atoms with Gasteiger partial charge in [0, 0.05) is 13.0 Å². The third-order valence-electron chi connectivity index (χ3n) is 3.01. The van der Waals surface area contributed by atoms with E-state index < -0.39 is 0 Å². The fraction of sp³-hybridized carbons (Fsp3) is 0.286. The van der Waals surface area contributed by atoms with Gasteiger partial charge in [-0.05, 0) is 12.5 Å². The Labute approximate surface area is 115 Å². The minimum absolute atomic E-state index is 0.0380. The van der Waals surface area contributed by atoms with E-state index in [9.17, 15) is 4.79 Å². The summed E-state index contributed by atoms with van der Waals surface area (Å²) in [6.07, 6.45) is 0.783. The Hall–Kier alpha value is -1.88. The summed E-state index contributed by atoms with van der Waals surface area (Å²) in [6, 6.07) is 8.18. The van der Waals surface area contributed by atoms with E-state index in [0.29, 0.717) is 23.2 Å². The third kappa shape index (κ3) is 2.61. The van der Waals surface area contributed by atoms with Gasteiger partial charge in [0.05, 0.1) is 5.69 Å². The van der Waals surface area contributed by atoms with Crippen LogP contribution >= 0.6 is 11.3 Å². The number of hydrogen-bond acceptors (Lipinski definition) is 4. The SMILES string of the molecule is Cc1ccc(COc2nc3c(s2)C(=O)NCC3)cc1. The van der Waals surface area contributed by atoms with Crippen LogP contribution in [0.15, 0.2) is 24.3 Å². The Morgan fingerprint density at radius 1 is 1.37 bits per heavy atom. The quantitative estimate of drug-likeness (QED) is 0.934. The molecule has 19 heavy (non-hydrogen) atoms. The van der Waals surface area contributed by atoms with E-state index in [1.165, 1.54) is 16.9 Å². The molecule has 1 amide bonds. The summed E-state index contributed by atoms with van der Waals surface area (Å²) in [5.41, 5.74) is 3.18. The van der Waals surface area contributed by atoms with Crippen LogP contribution in [0.4, 0.5) is 0 Å². The minimum atomic E-state index is -0.0380. The number of hydrogen-bond donors (Lipinski definition) is 1. The van der Waals surface area contributed by atoms with Gasteiger partial charge in [-0.2, -0.15) is 0 Å². The summed E-state index contributed by atoms with van der Waals surface area (Å²) >= 11 is 1.32. The zero-order chi connectivity index (χ0) is 13.2. The molecule has 2 heterocycles. The highest BCUT2D eigenvalue weighted by molar-refractivity contribution is 7.15. The van der Waals surface area contributed by atoms with Gasteiger partial charge < -0.3 is 10.1 Å². The van der Waals surface area contributed by atoms with Crippen molar-refractivity contribution in [1.82, 2.24) is 10.3 Å². The number of aromatic nitrogens is 1. The first-order valence-corrected chi connectivity index (χ1v) is 7.00. The fourth-order valence-electron chi connectivity index (χ4n) is 1.94. The number of nitrogens with zero attached hydrogens (tertiary/aromatic N) is 1. The number of carbonyl (C=O) groups is 1. The second-order valence-electron chi connectivity index (χ2n) is 4.54. The second-order valence-corrected chi connectivity index (χ2v) is 5.50. The van der Waals surface area contributed by atoms with Crippen LogP contribution in [0.5, 0.6) is 5.19 Å². The molecule has 0 spiro atoms. The number of ether oxygens (including phenoxy) is 1. The second kappa shape index (κ2) is 5.01. The lowest BCUT2D eigenvalue weighted by atomic mass is 10.2. The largest absolute Gasteiger partial charge is 0.465 e. The summed E-state index contributed by atoms with van der Waals surface area (Å²) in [5.74, 6) is -0.0380. The summed E-state index contributed by atoms with van der Waals surface area (Å²) in [5, 5.41) is 3.38. The Bertz CT molecular complexity index is 604. The fourth-order valence-corrected chi connectivity index (χ4v) is 2.82. The van der Waals surface area contributed by atoms with E-state index in [-0.39, 0.29) is 5.91 Å². The first kappa shape index (κ1) is 12.2. The summed E-state index contributed by atoms with van der Waals surface area (Å²) < 4.78 is 5.66. The molecule has 1 aliphatic heterocycles. The van der Waals surface area contributed by atoms with Gasteiger partial charge in [-0.1, -0.05) is 41.2 Å². The molecule has 0 fully saturated rings. The van der Waals surface area contributed by atoms with Crippen molar-refractivity contribution in [1.29, 1.82) is 0 Å². The van der Waals surface area contributed by atoms with E-state index in [1.54, 1.807) is 0 Å². The van der Waals surface area contributed by atoms with Crippen molar-refractivity contribution >= 4 is 17.2 Å². The predicted molar refractivity (Wildman–Crippen MR) is 73.7 cm³/mol. The van der Waals surface area contributed by atoms with Crippen LogP contribution in [0.25, 0.3) is 0 Å². The summed E-state index contributed by atoms with van der Waals surface area (Å²) in [7, 11) is 0. The van der Waals surface area contributed by atoms with Gasteiger partial charge >= 0.3 is 0 Å². The standard InChI is InChI=1S/C14H14N2O2S/c1-9-2-4-10(5-3-9)8-18-14-16-11-6-7-15-13(17)12(11)19-14/h2-5H,6-8H2,1H3,(H,15,17). The maximum Gasteiger partial charge on any atom is 0.274 e. The summed E-state index contributed by atoms with van der Waals surface area (Å²) in [6.45, 7) is 3.19. The molecule has 0 radical (unpaired) electrons. The first-order chi connectivity index (χ1) is 9.22. The van der Waals surface area contributed by atoms with Gasteiger partial charge in [-0.15, -0.1) is 0 Å². The van der Waals surface area contributed by atoms with E-state index in [0.717, 1.165) is 17.7 Å². The van der Waals surface area contributed by atoms with Gasteiger partial charge in [-0.25, -0.2) is 4.98 Å². The number of fused-ring (bicyclic) bond motifs is 1. The molecule has 4 nitrogen and oxygen atoms in total. The number of rotatable bonds is 3. The maximum atomic E-state index is 11.6. The van der Waals surface area contributed by atoms with Crippen LogP contribution in [-0.2, 0) is 13.0 Å². The molecule has 5 heteroatoms. The zero-order valence-electron chi connectivity index (χ0n) is 10.6.